The standard InChI is InChI=1S/C18H25NO.C8H10N4O2/c1-19-10-9-18-8-4-3-5-15(18)17(19)11-13-6-7-14(20-2)12-16(13)18;1-10-4-9-6-5(10)7(13)12(3)8(14)11(6)2/h6-7,12,15,17H,3-5,8-11H2,1-2H3;4H,1-3H3/t15-,17+,18+;/m1./s1. The number of piperidine rings is 1. The number of fused-ring (bicyclic) bond motifs is 2. The minimum absolute atomic E-state index is 0.317. The average Bonchev–Trinajstić information content (AvgIpc) is 3.25. The van der Waals surface area contributed by atoms with E-state index in [0.29, 0.717) is 16.6 Å². The summed E-state index contributed by atoms with van der Waals surface area (Å²) in [6.45, 7) is 1.26. The Hall–Kier alpha value is -2.87. The molecule has 3 atom stereocenters. The molecule has 182 valence electrons. The van der Waals surface area contributed by atoms with Crippen LogP contribution in [0, 0.1) is 5.92 Å². The van der Waals surface area contributed by atoms with Gasteiger partial charge >= 0.3 is 5.69 Å². The fourth-order valence-electron chi connectivity index (χ4n) is 6.77. The van der Waals surface area contributed by atoms with Crippen LogP contribution in [0.25, 0.3) is 11.2 Å². The molecule has 0 radical (unpaired) electrons. The van der Waals surface area contributed by atoms with Crippen molar-refractivity contribution in [3.05, 3.63) is 56.5 Å². The van der Waals surface area contributed by atoms with Gasteiger partial charge in [0.1, 0.15) is 5.75 Å². The Labute approximate surface area is 199 Å². The number of aryl methyl sites for hydroxylation is 2. The molecule has 8 heteroatoms. The van der Waals surface area contributed by atoms with Crippen LogP contribution in [-0.4, -0.2) is 50.3 Å². The van der Waals surface area contributed by atoms with Gasteiger partial charge in [0.25, 0.3) is 5.56 Å². The first kappa shape index (κ1) is 22.9. The summed E-state index contributed by atoms with van der Waals surface area (Å²) in [5.41, 5.74) is 3.85. The molecule has 6 rings (SSSR count). The van der Waals surface area contributed by atoms with Crippen LogP contribution in [0.3, 0.4) is 0 Å². The van der Waals surface area contributed by atoms with Crippen LogP contribution >= 0.6 is 0 Å². The quantitative estimate of drug-likeness (QED) is 0.552. The second kappa shape index (κ2) is 8.41. The van der Waals surface area contributed by atoms with Gasteiger partial charge in [-0.2, -0.15) is 0 Å². The number of nitrogens with zero attached hydrogens (tertiary/aromatic N) is 5. The number of benzene rings is 1. The molecule has 2 bridgehead atoms. The maximum atomic E-state index is 11.7. The zero-order valence-electron chi connectivity index (χ0n) is 20.9. The molecule has 0 amide bonds. The number of likely N-dealkylation sites (N-methyl/N-ethyl adjacent to an activating group) is 1. The van der Waals surface area contributed by atoms with Gasteiger partial charge in [0, 0.05) is 32.6 Å². The maximum Gasteiger partial charge on any atom is 0.332 e. The number of rotatable bonds is 1. The smallest absolute Gasteiger partial charge is 0.332 e. The fraction of sp³-hybridized carbons (Fsp3) is 0.577. The van der Waals surface area contributed by atoms with Crippen molar-refractivity contribution in [1.29, 1.82) is 0 Å². The van der Waals surface area contributed by atoms with Crippen molar-refractivity contribution in [1.82, 2.24) is 23.6 Å². The van der Waals surface area contributed by atoms with Gasteiger partial charge in [-0.15, -0.1) is 0 Å². The molecule has 1 aliphatic heterocycles. The minimum Gasteiger partial charge on any atom is -0.497 e. The lowest BCUT2D eigenvalue weighted by Gasteiger charge is -2.58. The summed E-state index contributed by atoms with van der Waals surface area (Å²) >= 11 is 0. The third-order valence-corrected chi connectivity index (χ3v) is 8.64. The molecule has 1 aromatic carbocycles. The summed E-state index contributed by atoms with van der Waals surface area (Å²) in [5, 5.41) is 0. The molecule has 3 aliphatic rings. The predicted molar refractivity (Wildman–Crippen MR) is 133 cm³/mol. The Bertz CT molecular complexity index is 1350. The average molecular weight is 466 g/mol. The zero-order chi connectivity index (χ0) is 24.2. The third-order valence-electron chi connectivity index (χ3n) is 8.64. The van der Waals surface area contributed by atoms with Crippen LogP contribution in [0.4, 0.5) is 0 Å². The molecule has 2 aliphatic carbocycles. The van der Waals surface area contributed by atoms with Crippen molar-refractivity contribution < 1.29 is 4.74 Å². The number of ether oxygens (including phenoxy) is 1. The lowest BCUT2D eigenvalue weighted by atomic mass is 9.52. The molecule has 1 saturated heterocycles. The molecule has 0 spiro atoms. The minimum atomic E-state index is -0.360. The summed E-state index contributed by atoms with van der Waals surface area (Å²) in [7, 11) is 8.89. The van der Waals surface area contributed by atoms with Crippen LogP contribution in [0.15, 0.2) is 34.1 Å². The maximum absolute atomic E-state index is 11.7. The highest BCUT2D eigenvalue weighted by atomic mass is 16.5. The molecule has 34 heavy (non-hydrogen) atoms. The van der Waals surface area contributed by atoms with E-state index < -0.39 is 0 Å². The van der Waals surface area contributed by atoms with Gasteiger partial charge in [0.05, 0.1) is 13.4 Å². The number of methoxy groups -OCH3 is 1. The zero-order valence-corrected chi connectivity index (χ0v) is 20.9. The lowest BCUT2D eigenvalue weighted by Crippen LogP contribution is -2.59. The van der Waals surface area contributed by atoms with Gasteiger partial charge in [0.2, 0.25) is 0 Å². The number of aromatic nitrogens is 4. The Balaban J connectivity index is 0.000000152. The number of likely N-dealkylation sites (tertiary alicyclic amines) is 1. The molecule has 3 heterocycles. The molecule has 2 aromatic heterocycles. The van der Waals surface area contributed by atoms with E-state index in [1.54, 1.807) is 36.9 Å². The van der Waals surface area contributed by atoms with E-state index >= 15 is 0 Å². The van der Waals surface area contributed by atoms with Gasteiger partial charge < -0.3 is 14.2 Å². The first-order chi connectivity index (χ1) is 16.3. The van der Waals surface area contributed by atoms with Gasteiger partial charge in [-0.25, -0.2) is 9.78 Å². The van der Waals surface area contributed by atoms with Crippen molar-refractivity contribution in [3.63, 3.8) is 0 Å². The van der Waals surface area contributed by atoms with Crippen molar-refractivity contribution in [2.45, 2.75) is 50.0 Å². The van der Waals surface area contributed by atoms with Crippen molar-refractivity contribution >= 4 is 11.2 Å². The Morgan fingerprint density at radius 3 is 2.62 bits per heavy atom. The van der Waals surface area contributed by atoms with Crippen LogP contribution in [-0.2, 0) is 33.0 Å². The summed E-state index contributed by atoms with van der Waals surface area (Å²) in [6.07, 6.45) is 9.74. The summed E-state index contributed by atoms with van der Waals surface area (Å²) < 4.78 is 9.54. The number of hydrogen-bond donors (Lipinski definition) is 0. The van der Waals surface area contributed by atoms with E-state index in [1.165, 1.54) is 63.0 Å². The van der Waals surface area contributed by atoms with Gasteiger partial charge in [-0.1, -0.05) is 18.9 Å². The Morgan fingerprint density at radius 1 is 1.06 bits per heavy atom. The Morgan fingerprint density at radius 2 is 1.85 bits per heavy atom. The molecule has 0 unspecified atom stereocenters. The highest BCUT2D eigenvalue weighted by Crippen LogP contribution is 2.55. The summed E-state index contributed by atoms with van der Waals surface area (Å²) in [6, 6.07) is 7.60. The van der Waals surface area contributed by atoms with Crippen LogP contribution in [0.2, 0.25) is 0 Å². The summed E-state index contributed by atoms with van der Waals surface area (Å²) in [5.74, 6) is 1.91. The normalized spacial score (nSPS) is 25.8. The SMILES string of the molecule is COc1ccc2c(c1)[C@]13CCCC[C@@H]1[C@H](C2)N(C)CC3.Cn1c(=O)c2c(ncn2C)n(C)c1=O. The van der Waals surface area contributed by atoms with E-state index in [0.717, 1.165) is 22.3 Å². The van der Waals surface area contributed by atoms with Gasteiger partial charge in [-0.3, -0.25) is 13.9 Å². The third kappa shape index (κ3) is 3.34. The number of hydrogen-bond acceptors (Lipinski definition) is 5. The van der Waals surface area contributed by atoms with E-state index in [4.69, 9.17) is 4.74 Å². The van der Waals surface area contributed by atoms with Crippen LogP contribution in [0.1, 0.15) is 43.2 Å². The second-order valence-electron chi connectivity index (χ2n) is 10.3. The van der Waals surface area contributed by atoms with Crippen LogP contribution in [0.5, 0.6) is 5.75 Å². The molecule has 1 saturated carbocycles. The van der Waals surface area contributed by atoms with Crippen molar-refractivity contribution in [3.8, 4) is 5.75 Å². The topological polar surface area (TPSA) is 74.3 Å². The van der Waals surface area contributed by atoms with Crippen LogP contribution < -0.4 is 16.0 Å². The van der Waals surface area contributed by atoms with Crippen molar-refractivity contribution in [2.75, 3.05) is 20.7 Å². The highest BCUT2D eigenvalue weighted by molar-refractivity contribution is 5.69. The second-order valence-corrected chi connectivity index (χ2v) is 10.3. The monoisotopic (exact) mass is 465 g/mol. The first-order valence-electron chi connectivity index (χ1n) is 12.2. The van der Waals surface area contributed by atoms with Gasteiger partial charge in [-0.05, 0) is 68.5 Å². The molecule has 8 nitrogen and oxygen atoms in total. The predicted octanol–water partition coefficient (Wildman–Crippen LogP) is 2.35. The number of imidazole rings is 1. The van der Waals surface area contributed by atoms with Gasteiger partial charge in [0.15, 0.2) is 11.2 Å². The molecule has 2 fully saturated rings. The Kier molecular flexibility index (Phi) is 5.67. The lowest BCUT2D eigenvalue weighted by molar-refractivity contribution is 0.00274. The van der Waals surface area contributed by atoms with E-state index in [-0.39, 0.29) is 11.2 Å². The van der Waals surface area contributed by atoms with E-state index in [9.17, 15) is 9.59 Å². The highest BCUT2D eigenvalue weighted by Gasteiger charge is 2.53. The largest absolute Gasteiger partial charge is 0.497 e. The van der Waals surface area contributed by atoms with E-state index in [2.05, 4.69) is 35.1 Å². The summed E-state index contributed by atoms with van der Waals surface area (Å²) in [4.78, 5) is 29.8. The molecule has 3 aromatic rings. The van der Waals surface area contributed by atoms with Crippen molar-refractivity contribution in [2.24, 2.45) is 27.1 Å². The first-order valence-corrected chi connectivity index (χ1v) is 12.2. The van der Waals surface area contributed by atoms with E-state index in [1.807, 2.05) is 0 Å². The molecular formula is C26H35N5O3. The molecular weight excluding hydrogens is 430 g/mol. The molecule has 0 N–H and O–H groups in total. The fourth-order valence-corrected chi connectivity index (χ4v) is 6.77.